The fraction of sp³-hybridized carbons (Fsp3) is 0.727. The van der Waals surface area contributed by atoms with Gasteiger partial charge in [0.15, 0.2) is 0 Å². The van der Waals surface area contributed by atoms with Gasteiger partial charge < -0.3 is 10.1 Å². The van der Waals surface area contributed by atoms with Crippen LogP contribution in [0.5, 0.6) is 0 Å². The first-order chi connectivity index (χ1) is 12.8. The maximum atomic E-state index is 12.5. The number of esters is 1. The summed E-state index contributed by atoms with van der Waals surface area (Å²) in [6, 6.07) is 0. The second-order valence-electron chi connectivity index (χ2n) is 9.24. The molecule has 1 aromatic rings. The summed E-state index contributed by atoms with van der Waals surface area (Å²) >= 11 is 1.58. The molecule has 1 atom stereocenters. The van der Waals surface area contributed by atoms with Crippen molar-refractivity contribution in [3.05, 3.63) is 16.0 Å². The molecule has 27 heavy (non-hydrogen) atoms. The Kier molecular flexibility index (Phi) is 6.29. The highest BCUT2D eigenvalue weighted by atomic mass is 32.1. The number of rotatable bonds is 5. The smallest absolute Gasteiger partial charge is 0.341 e. The summed E-state index contributed by atoms with van der Waals surface area (Å²) in [7, 11) is 1.42. The van der Waals surface area contributed by atoms with E-state index in [0.29, 0.717) is 28.8 Å². The first-order valence-electron chi connectivity index (χ1n) is 10.3. The lowest BCUT2D eigenvalue weighted by molar-refractivity contribution is -0.116. The molecule has 0 spiro atoms. The molecule has 2 aliphatic rings. The monoisotopic (exact) mass is 391 g/mol. The summed E-state index contributed by atoms with van der Waals surface area (Å²) in [5.41, 5.74) is 1.94. The van der Waals surface area contributed by atoms with E-state index in [4.69, 9.17) is 4.74 Å². The van der Waals surface area contributed by atoms with Crippen LogP contribution in [-0.2, 0) is 22.4 Å². The lowest BCUT2D eigenvalue weighted by Gasteiger charge is -2.33. The van der Waals surface area contributed by atoms with E-state index in [1.54, 1.807) is 11.3 Å². The molecular formula is C22H33NO3S. The highest BCUT2D eigenvalue weighted by molar-refractivity contribution is 7.17. The van der Waals surface area contributed by atoms with Gasteiger partial charge in [-0.15, -0.1) is 11.3 Å². The van der Waals surface area contributed by atoms with Crippen molar-refractivity contribution in [2.24, 2.45) is 17.3 Å². The molecule has 150 valence electrons. The van der Waals surface area contributed by atoms with Crippen LogP contribution < -0.4 is 5.32 Å². The van der Waals surface area contributed by atoms with Gasteiger partial charge in [0.2, 0.25) is 5.91 Å². The van der Waals surface area contributed by atoms with Crippen molar-refractivity contribution in [1.82, 2.24) is 0 Å². The third kappa shape index (κ3) is 4.74. The summed E-state index contributed by atoms with van der Waals surface area (Å²) in [5.74, 6) is 0.991. The Balaban J connectivity index is 1.75. The fourth-order valence-corrected chi connectivity index (χ4v) is 5.89. The Hall–Kier alpha value is -1.36. The normalized spacial score (nSPS) is 20.4. The molecule has 4 nitrogen and oxygen atoms in total. The molecule has 1 N–H and O–H groups in total. The van der Waals surface area contributed by atoms with E-state index in [9.17, 15) is 9.59 Å². The van der Waals surface area contributed by atoms with Gasteiger partial charge in [-0.3, -0.25) is 4.79 Å². The van der Waals surface area contributed by atoms with Crippen LogP contribution in [0.15, 0.2) is 0 Å². The maximum Gasteiger partial charge on any atom is 0.341 e. The second-order valence-corrected chi connectivity index (χ2v) is 10.3. The first-order valence-corrected chi connectivity index (χ1v) is 11.1. The van der Waals surface area contributed by atoms with Crippen LogP contribution in [0.25, 0.3) is 0 Å². The summed E-state index contributed by atoms with van der Waals surface area (Å²) in [4.78, 5) is 26.2. The van der Waals surface area contributed by atoms with Crippen molar-refractivity contribution < 1.29 is 14.3 Å². The number of methoxy groups -OCH3 is 1. The van der Waals surface area contributed by atoms with Crippen molar-refractivity contribution in [3.8, 4) is 0 Å². The number of carbonyl (C=O) groups excluding carboxylic acids is 2. The van der Waals surface area contributed by atoms with Crippen molar-refractivity contribution >= 4 is 28.2 Å². The molecule has 0 bridgehead atoms. The largest absolute Gasteiger partial charge is 0.465 e. The van der Waals surface area contributed by atoms with E-state index in [1.165, 1.54) is 37.7 Å². The predicted molar refractivity (Wildman–Crippen MR) is 110 cm³/mol. The van der Waals surface area contributed by atoms with Gasteiger partial charge in [0.25, 0.3) is 0 Å². The highest BCUT2D eigenvalue weighted by Gasteiger charge is 2.34. The Morgan fingerprint density at radius 3 is 2.52 bits per heavy atom. The molecule has 2 aliphatic carbocycles. The van der Waals surface area contributed by atoms with Gasteiger partial charge >= 0.3 is 5.97 Å². The molecule has 5 heteroatoms. The average Bonchev–Trinajstić information content (AvgIpc) is 3.25. The lowest BCUT2D eigenvalue weighted by Crippen LogP contribution is -2.26. The molecule has 1 fully saturated rings. The van der Waals surface area contributed by atoms with Crippen LogP contribution in [0, 0.1) is 17.3 Å². The van der Waals surface area contributed by atoms with Crippen LogP contribution in [0.4, 0.5) is 5.00 Å². The first kappa shape index (κ1) is 20.4. The number of nitrogens with one attached hydrogen (secondary N) is 1. The zero-order valence-corrected chi connectivity index (χ0v) is 18.0. The highest BCUT2D eigenvalue weighted by Crippen LogP contribution is 2.44. The number of fused-ring (bicyclic) bond motifs is 1. The third-order valence-corrected chi connectivity index (χ3v) is 7.56. The molecule has 0 saturated heterocycles. The van der Waals surface area contributed by atoms with Crippen LogP contribution in [0.3, 0.4) is 0 Å². The molecule has 3 rings (SSSR count). The van der Waals surface area contributed by atoms with Gasteiger partial charge in [-0.1, -0.05) is 46.5 Å². The number of hydrogen-bond acceptors (Lipinski definition) is 4. The molecule has 1 saturated carbocycles. The molecule has 1 amide bonds. The predicted octanol–water partition coefficient (Wildman–Crippen LogP) is 5.59. The maximum absolute atomic E-state index is 12.5. The minimum atomic E-state index is -0.326. The number of thiophene rings is 1. The van der Waals surface area contributed by atoms with Gasteiger partial charge in [-0.05, 0) is 48.5 Å². The summed E-state index contributed by atoms with van der Waals surface area (Å²) in [5, 5.41) is 3.73. The molecule has 1 heterocycles. The van der Waals surface area contributed by atoms with Gasteiger partial charge in [0.1, 0.15) is 5.00 Å². The zero-order valence-electron chi connectivity index (χ0n) is 17.2. The Labute approximate surface area is 167 Å². The Morgan fingerprint density at radius 2 is 1.89 bits per heavy atom. The van der Waals surface area contributed by atoms with Crippen molar-refractivity contribution in [2.45, 2.75) is 78.6 Å². The zero-order chi connectivity index (χ0) is 19.6. The Bertz CT molecular complexity index is 695. The summed E-state index contributed by atoms with van der Waals surface area (Å²) in [6.07, 6.45) is 9.53. The van der Waals surface area contributed by atoms with Gasteiger partial charge in [0, 0.05) is 11.3 Å². The van der Waals surface area contributed by atoms with E-state index in [2.05, 4.69) is 26.1 Å². The van der Waals surface area contributed by atoms with E-state index >= 15 is 0 Å². The number of carbonyl (C=O) groups is 2. The number of anilines is 1. The van der Waals surface area contributed by atoms with Crippen molar-refractivity contribution in [2.75, 3.05) is 12.4 Å². The van der Waals surface area contributed by atoms with Gasteiger partial charge in [-0.2, -0.15) is 0 Å². The molecule has 0 aromatic carbocycles. The SMILES string of the molecule is COC(=O)c1c(NC(=O)CCC2CCCC2)sc2c1CC[C@@H](C(C)(C)C)C2. The second kappa shape index (κ2) is 8.34. The Morgan fingerprint density at radius 1 is 1.19 bits per heavy atom. The van der Waals surface area contributed by atoms with E-state index in [1.807, 2.05) is 0 Å². The van der Waals surface area contributed by atoms with E-state index < -0.39 is 0 Å². The number of ether oxygens (including phenoxy) is 1. The van der Waals surface area contributed by atoms with Gasteiger partial charge in [-0.25, -0.2) is 4.79 Å². The molecule has 0 radical (unpaired) electrons. The standard InChI is InChI=1S/C22H33NO3S/c1-22(2,3)15-10-11-16-17(13-15)27-20(19(16)21(25)26-4)23-18(24)12-9-14-7-5-6-8-14/h14-15H,5-13H2,1-4H3,(H,23,24)/t15-/m1/s1. The van der Waals surface area contributed by atoms with Crippen molar-refractivity contribution in [1.29, 1.82) is 0 Å². The van der Waals surface area contributed by atoms with Gasteiger partial charge in [0.05, 0.1) is 12.7 Å². The molecule has 0 aliphatic heterocycles. The summed E-state index contributed by atoms with van der Waals surface area (Å²) < 4.78 is 5.03. The topological polar surface area (TPSA) is 55.4 Å². The minimum Gasteiger partial charge on any atom is -0.465 e. The van der Waals surface area contributed by atoms with Crippen LogP contribution in [0.1, 0.15) is 86.5 Å². The lowest BCUT2D eigenvalue weighted by atomic mass is 9.72. The number of amides is 1. The van der Waals surface area contributed by atoms with E-state index in [-0.39, 0.29) is 17.3 Å². The third-order valence-electron chi connectivity index (χ3n) is 6.39. The number of hydrogen-bond donors (Lipinski definition) is 1. The minimum absolute atomic E-state index is 0.0259. The van der Waals surface area contributed by atoms with E-state index in [0.717, 1.165) is 31.2 Å². The molecular weight excluding hydrogens is 358 g/mol. The van der Waals surface area contributed by atoms with Crippen LogP contribution >= 0.6 is 11.3 Å². The average molecular weight is 392 g/mol. The molecule has 0 unspecified atom stereocenters. The summed E-state index contributed by atoms with van der Waals surface area (Å²) in [6.45, 7) is 6.84. The van der Waals surface area contributed by atoms with Crippen molar-refractivity contribution in [3.63, 3.8) is 0 Å². The fourth-order valence-electron chi connectivity index (χ4n) is 4.55. The molecule has 1 aromatic heterocycles. The van der Waals surface area contributed by atoms with Crippen LogP contribution in [0.2, 0.25) is 0 Å². The quantitative estimate of drug-likeness (QED) is 0.665. The van der Waals surface area contributed by atoms with Crippen LogP contribution in [-0.4, -0.2) is 19.0 Å².